The van der Waals surface area contributed by atoms with Gasteiger partial charge in [0.25, 0.3) is 0 Å². The minimum absolute atomic E-state index is 0.435. The van der Waals surface area contributed by atoms with Crippen molar-refractivity contribution in [3.05, 3.63) is 47.0 Å². The third-order valence-corrected chi connectivity index (χ3v) is 4.99. The number of likely N-dealkylation sites (tertiary alicyclic amines) is 1. The number of hydrogen-bond donors (Lipinski definition) is 0. The fourth-order valence-electron chi connectivity index (χ4n) is 3.73. The maximum absolute atomic E-state index is 4.56. The van der Waals surface area contributed by atoms with E-state index in [9.17, 15) is 0 Å². The summed E-state index contributed by atoms with van der Waals surface area (Å²) in [6.07, 6.45) is 5.89. The molecule has 1 aromatic heterocycles. The molecule has 1 saturated heterocycles. The van der Waals surface area contributed by atoms with Gasteiger partial charge in [0.05, 0.1) is 12.6 Å². The van der Waals surface area contributed by atoms with Gasteiger partial charge in [0.2, 0.25) is 0 Å². The SMILES string of the molecule is CN1CCCCC1c1nnc2n1Cc1ccccc1CC2. The molecule has 2 aromatic rings. The smallest absolute Gasteiger partial charge is 0.150 e. The number of aromatic nitrogens is 3. The van der Waals surface area contributed by atoms with E-state index in [2.05, 4.69) is 51.0 Å². The molecule has 4 nitrogen and oxygen atoms in total. The average Bonchev–Trinajstić information content (AvgIpc) is 2.80. The first kappa shape index (κ1) is 13.0. The molecule has 0 spiro atoms. The zero-order valence-electron chi connectivity index (χ0n) is 12.6. The van der Waals surface area contributed by atoms with Crippen LogP contribution >= 0.6 is 0 Å². The topological polar surface area (TPSA) is 34.0 Å². The molecule has 2 aliphatic rings. The van der Waals surface area contributed by atoms with E-state index in [0.717, 1.165) is 25.2 Å². The molecule has 4 rings (SSSR count). The summed E-state index contributed by atoms with van der Waals surface area (Å²) in [6, 6.07) is 9.22. The molecule has 0 amide bonds. The van der Waals surface area contributed by atoms with Crippen molar-refractivity contribution in [2.45, 2.75) is 44.7 Å². The lowest BCUT2D eigenvalue weighted by molar-refractivity contribution is 0.175. The molecule has 1 aromatic carbocycles. The lowest BCUT2D eigenvalue weighted by atomic mass is 10.0. The Morgan fingerprint density at radius 1 is 1.05 bits per heavy atom. The van der Waals surface area contributed by atoms with Gasteiger partial charge in [0, 0.05) is 6.42 Å². The predicted molar refractivity (Wildman–Crippen MR) is 82.2 cm³/mol. The van der Waals surface area contributed by atoms with Gasteiger partial charge in [-0.1, -0.05) is 30.7 Å². The summed E-state index contributed by atoms with van der Waals surface area (Å²) in [6.45, 7) is 2.10. The monoisotopic (exact) mass is 282 g/mol. The van der Waals surface area contributed by atoms with E-state index < -0.39 is 0 Å². The molecule has 0 saturated carbocycles. The highest BCUT2D eigenvalue weighted by molar-refractivity contribution is 5.30. The fraction of sp³-hybridized carbons (Fsp3) is 0.529. The number of benzene rings is 1. The first-order valence-corrected chi connectivity index (χ1v) is 8.02. The molecule has 0 radical (unpaired) electrons. The average molecular weight is 282 g/mol. The number of fused-ring (bicyclic) bond motifs is 2. The summed E-state index contributed by atoms with van der Waals surface area (Å²) in [5, 5.41) is 9.05. The van der Waals surface area contributed by atoms with Gasteiger partial charge in [-0.3, -0.25) is 4.90 Å². The molecule has 0 N–H and O–H groups in total. The Morgan fingerprint density at radius 2 is 1.90 bits per heavy atom. The molecule has 1 atom stereocenters. The lowest BCUT2D eigenvalue weighted by Gasteiger charge is -2.31. The highest BCUT2D eigenvalue weighted by Crippen LogP contribution is 2.30. The van der Waals surface area contributed by atoms with Gasteiger partial charge in [-0.2, -0.15) is 0 Å². The Balaban J connectivity index is 1.72. The van der Waals surface area contributed by atoms with Crippen LogP contribution in [0.5, 0.6) is 0 Å². The molecule has 2 aliphatic heterocycles. The standard InChI is InChI=1S/C17H22N4/c1-20-11-5-4-8-15(20)17-19-18-16-10-9-13-6-2-3-7-14(13)12-21(16)17/h2-3,6-7,15H,4-5,8-12H2,1H3. The second-order valence-corrected chi connectivity index (χ2v) is 6.32. The van der Waals surface area contributed by atoms with Crippen molar-refractivity contribution in [3.8, 4) is 0 Å². The van der Waals surface area contributed by atoms with Crippen LogP contribution in [0.25, 0.3) is 0 Å². The van der Waals surface area contributed by atoms with Crippen LogP contribution in [0.15, 0.2) is 24.3 Å². The lowest BCUT2D eigenvalue weighted by Crippen LogP contribution is -2.31. The molecular formula is C17H22N4. The fourth-order valence-corrected chi connectivity index (χ4v) is 3.73. The summed E-state index contributed by atoms with van der Waals surface area (Å²) in [4.78, 5) is 2.44. The number of nitrogens with zero attached hydrogens (tertiary/aromatic N) is 4. The summed E-state index contributed by atoms with van der Waals surface area (Å²) in [5.74, 6) is 2.32. The van der Waals surface area contributed by atoms with Crippen LogP contribution in [0.3, 0.4) is 0 Å². The van der Waals surface area contributed by atoms with E-state index in [-0.39, 0.29) is 0 Å². The van der Waals surface area contributed by atoms with Crippen molar-refractivity contribution >= 4 is 0 Å². The second kappa shape index (κ2) is 5.26. The molecule has 1 fully saturated rings. The molecule has 1 unspecified atom stereocenters. The Morgan fingerprint density at radius 3 is 2.76 bits per heavy atom. The minimum Gasteiger partial charge on any atom is -0.309 e. The number of piperidine rings is 1. The third-order valence-electron chi connectivity index (χ3n) is 4.99. The van der Waals surface area contributed by atoms with Crippen LogP contribution < -0.4 is 0 Å². The van der Waals surface area contributed by atoms with Crippen LogP contribution in [0.1, 0.15) is 48.1 Å². The normalized spacial score (nSPS) is 22.4. The summed E-state index contributed by atoms with van der Waals surface area (Å²) >= 11 is 0. The van der Waals surface area contributed by atoms with Crippen LogP contribution in [-0.2, 0) is 19.4 Å². The van der Waals surface area contributed by atoms with E-state index in [0.29, 0.717) is 6.04 Å². The van der Waals surface area contributed by atoms with Crippen LogP contribution in [0.4, 0.5) is 0 Å². The number of hydrogen-bond acceptors (Lipinski definition) is 3. The largest absolute Gasteiger partial charge is 0.309 e. The number of aryl methyl sites for hydroxylation is 2. The Labute approximate surface area is 125 Å². The van der Waals surface area contributed by atoms with Crippen molar-refractivity contribution < 1.29 is 0 Å². The quantitative estimate of drug-likeness (QED) is 0.806. The molecule has 110 valence electrons. The second-order valence-electron chi connectivity index (χ2n) is 6.32. The first-order chi connectivity index (χ1) is 10.3. The Hall–Kier alpha value is -1.68. The first-order valence-electron chi connectivity index (χ1n) is 8.02. The van der Waals surface area contributed by atoms with E-state index in [4.69, 9.17) is 0 Å². The molecule has 21 heavy (non-hydrogen) atoms. The highest BCUT2D eigenvalue weighted by Gasteiger charge is 2.28. The third kappa shape index (κ3) is 2.27. The maximum Gasteiger partial charge on any atom is 0.150 e. The van der Waals surface area contributed by atoms with Gasteiger partial charge in [0.1, 0.15) is 5.82 Å². The zero-order chi connectivity index (χ0) is 14.2. The van der Waals surface area contributed by atoms with E-state index in [1.807, 2.05) is 0 Å². The van der Waals surface area contributed by atoms with Gasteiger partial charge in [-0.05, 0) is 44.0 Å². The van der Waals surface area contributed by atoms with Crippen LogP contribution in [0.2, 0.25) is 0 Å². The molecule has 3 heterocycles. The predicted octanol–water partition coefficient (Wildman–Crippen LogP) is 2.58. The Bertz CT molecular complexity index is 646. The zero-order valence-corrected chi connectivity index (χ0v) is 12.6. The van der Waals surface area contributed by atoms with Gasteiger partial charge in [-0.25, -0.2) is 0 Å². The number of rotatable bonds is 1. The van der Waals surface area contributed by atoms with Crippen LogP contribution in [-0.4, -0.2) is 33.3 Å². The Kier molecular flexibility index (Phi) is 3.26. The summed E-state index contributed by atoms with van der Waals surface area (Å²) < 4.78 is 2.37. The van der Waals surface area contributed by atoms with Gasteiger partial charge < -0.3 is 4.57 Å². The molecular weight excluding hydrogens is 260 g/mol. The van der Waals surface area contributed by atoms with E-state index in [1.54, 1.807) is 0 Å². The van der Waals surface area contributed by atoms with Crippen molar-refractivity contribution in [2.75, 3.05) is 13.6 Å². The van der Waals surface area contributed by atoms with Crippen molar-refractivity contribution in [1.82, 2.24) is 19.7 Å². The van der Waals surface area contributed by atoms with E-state index >= 15 is 0 Å². The van der Waals surface area contributed by atoms with Gasteiger partial charge in [-0.15, -0.1) is 10.2 Å². The molecule has 0 bridgehead atoms. The van der Waals surface area contributed by atoms with Crippen molar-refractivity contribution in [3.63, 3.8) is 0 Å². The molecule has 0 aliphatic carbocycles. The van der Waals surface area contributed by atoms with Crippen molar-refractivity contribution in [1.29, 1.82) is 0 Å². The van der Waals surface area contributed by atoms with Gasteiger partial charge >= 0.3 is 0 Å². The van der Waals surface area contributed by atoms with Crippen LogP contribution in [0, 0.1) is 0 Å². The van der Waals surface area contributed by atoms with Crippen molar-refractivity contribution in [2.24, 2.45) is 0 Å². The van der Waals surface area contributed by atoms with Gasteiger partial charge in [0.15, 0.2) is 5.82 Å². The highest BCUT2D eigenvalue weighted by atomic mass is 15.3. The molecule has 4 heteroatoms. The summed E-state index contributed by atoms with van der Waals surface area (Å²) in [7, 11) is 2.22. The summed E-state index contributed by atoms with van der Waals surface area (Å²) in [5.41, 5.74) is 2.89. The minimum atomic E-state index is 0.435. The van der Waals surface area contributed by atoms with E-state index in [1.165, 1.54) is 42.8 Å². The maximum atomic E-state index is 4.56.